The smallest absolute Gasteiger partial charge is 0.0182 e. The van der Waals surface area contributed by atoms with Crippen LogP contribution in [0.3, 0.4) is 0 Å². The van der Waals surface area contributed by atoms with Crippen molar-refractivity contribution in [3.05, 3.63) is 0 Å². The maximum absolute atomic E-state index is 3.38. The van der Waals surface area contributed by atoms with Crippen LogP contribution in [0.2, 0.25) is 0 Å². The van der Waals surface area contributed by atoms with E-state index in [4.69, 9.17) is 0 Å². The quantitative estimate of drug-likeness (QED) is 0.609. The van der Waals surface area contributed by atoms with Crippen LogP contribution in [-0.2, 0) is 0 Å². The van der Waals surface area contributed by atoms with Crippen molar-refractivity contribution in [1.29, 1.82) is 0 Å². The van der Waals surface area contributed by atoms with Gasteiger partial charge < -0.3 is 5.32 Å². The van der Waals surface area contributed by atoms with E-state index in [-0.39, 0.29) is 0 Å². The summed E-state index contributed by atoms with van der Waals surface area (Å²) in [7, 11) is 2.08. The number of hydrogen-bond acceptors (Lipinski definition) is 1. The highest BCUT2D eigenvalue weighted by molar-refractivity contribution is 5.00. The summed E-state index contributed by atoms with van der Waals surface area (Å²) in [5, 5.41) is 3.38. The van der Waals surface area contributed by atoms with Gasteiger partial charge in [-0.2, -0.15) is 0 Å². The molecule has 0 heterocycles. The first-order valence-corrected chi connectivity index (χ1v) is 3.87. The highest BCUT2D eigenvalue weighted by atomic mass is 15.0. The summed E-state index contributed by atoms with van der Waals surface area (Å²) in [5.74, 6) is 0.847. The second-order valence-corrected chi connectivity index (χ2v) is 3.63. The zero-order valence-corrected chi connectivity index (χ0v) is 6.70. The van der Waals surface area contributed by atoms with E-state index in [1.165, 1.54) is 19.3 Å². The molecule has 9 heavy (non-hydrogen) atoms. The lowest BCUT2D eigenvalue weighted by Gasteiger charge is -2.15. The number of rotatable bonds is 3. The molecule has 1 rings (SSSR count). The Morgan fingerprint density at radius 1 is 1.44 bits per heavy atom. The fourth-order valence-electron chi connectivity index (χ4n) is 1.49. The van der Waals surface area contributed by atoms with E-state index >= 15 is 0 Å². The molecule has 0 aromatic carbocycles. The monoisotopic (exact) mass is 127 g/mol. The lowest BCUT2D eigenvalue weighted by Crippen LogP contribution is -2.28. The van der Waals surface area contributed by atoms with E-state index in [1.807, 2.05) is 0 Å². The van der Waals surface area contributed by atoms with Gasteiger partial charge in [-0.15, -0.1) is 0 Å². The van der Waals surface area contributed by atoms with Crippen LogP contribution >= 0.6 is 0 Å². The van der Waals surface area contributed by atoms with Gasteiger partial charge in [0.15, 0.2) is 0 Å². The summed E-state index contributed by atoms with van der Waals surface area (Å²) in [6.07, 6.45) is 4.13. The Morgan fingerprint density at radius 3 is 2.11 bits per heavy atom. The van der Waals surface area contributed by atoms with Crippen LogP contribution in [0.4, 0.5) is 0 Å². The van der Waals surface area contributed by atoms with Gasteiger partial charge in [-0.3, -0.25) is 0 Å². The Hall–Kier alpha value is -0.0400. The average Bonchev–Trinajstić information content (AvgIpc) is 2.48. The summed E-state index contributed by atoms with van der Waals surface area (Å²) in [6, 6.07) is 0. The Balaban J connectivity index is 2.25. The maximum atomic E-state index is 3.38. The molecule has 0 saturated heterocycles. The minimum Gasteiger partial charge on any atom is -0.314 e. The third-order valence-corrected chi connectivity index (χ3v) is 2.18. The molecule has 0 bridgehead atoms. The van der Waals surface area contributed by atoms with Gasteiger partial charge in [0.05, 0.1) is 0 Å². The standard InChI is InChI=1S/C8H17N/c1-7(2)6-8(9-3)4-5-8/h7,9H,4-6H2,1-3H3. The zero-order chi connectivity index (χ0) is 6.91. The lowest BCUT2D eigenvalue weighted by atomic mass is 10.0. The second-order valence-electron chi connectivity index (χ2n) is 3.63. The Kier molecular flexibility index (Phi) is 1.80. The predicted molar refractivity (Wildman–Crippen MR) is 40.5 cm³/mol. The van der Waals surface area contributed by atoms with E-state index in [2.05, 4.69) is 26.2 Å². The van der Waals surface area contributed by atoms with Gasteiger partial charge in [0.1, 0.15) is 0 Å². The summed E-state index contributed by atoms with van der Waals surface area (Å²) < 4.78 is 0. The Labute approximate surface area is 57.8 Å². The molecule has 1 nitrogen and oxygen atoms in total. The molecule has 0 aromatic rings. The van der Waals surface area contributed by atoms with Crippen LogP contribution in [0.5, 0.6) is 0 Å². The van der Waals surface area contributed by atoms with Crippen LogP contribution in [0, 0.1) is 5.92 Å². The molecule has 0 unspecified atom stereocenters. The van der Waals surface area contributed by atoms with Crippen LogP contribution < -0.4 is 5.32 Å². The van der Waals surface area contributed by atoms with Gasteiger partial charge in [-0.05, 0) is 32.2 Å². The summed E-state index contributed by atoms with van der Waals surface area (Å²) in [6.45, 7) is 4.58. The molecular weight excluding hydrogens is 110 g/mol. The summed E-state index contributed by atoms with van der Waals surface area (Å²) in [4.78, 5) is 0. The van der Waals surface area contributed by atoms with E-state index in [0.29, 0.717) is 5.54 Å². The largest absolute Gasteiger partial charge is 0.314 e. The van der Waals surface area contributed by atoms with Crippen molar-refractivity contribution in [3.8, 4) is 0 Å². The van der Waals surface area contributed by atoms with Gasteiger partial charge in [0.2, 0.25) is 0 Å². The fraction of sp³-hybridized carbons (Fsp3) is 1.00. The minimum absolute atomic E-state index is 0.564. The van der Waals surface area contributed by atoms with Gasteiger partial charge >= 0.3 is 0 Å². The van der Waals surface area contributed by atoms with Crippen LogP contribution in [0.15, 0.2) is 0 Å². The Bertz CT molecular complexity index is 92.7. The molecule has 0 spiro atoms. The first-order valence-electron chi connectivity index (χ1n) is 3.87. The van der Waals surface area contributed by atoms with Crippen molar-refractivity contribution >= 4 is 0 Å². The third kappa shape index (κ3) is 1.68. The molecule has 1 aliphatic carbocycles. The normalized spacial score (nSPS) is 22.7. The molecular formula is C8H17N. The number of nitrogens with one attached hydrogen (secondary N) is 1. The summed E-state index contributed by atoms with van der Waals surface area (Å²) in [5.41, 5.74) is 0.564. The molecule has 0 atom stereocenters. The lowest BCUT2D eigenvalue weighted by molar-refractivity contribution is 0.428. The van der Waals surface area contributed by atoms with E-state index in [1.54, 1.807) is 0 Å². The molecule has 0 amide bonds. The van der Waals surface area contributed by atoms with Crippen molar-refractivity contribution in [3.63, 3.8) is 0 Å². The van der Waals surface area contributed by atoms with Crippen molar-refractivity contribution in [1.82, 2.24) is 5.32 Å². The van der Waals surface area contributed by atoms with E-state index < -0.39 is 0 Å². The molecule has 54 valence electrons. The van der Waals surface area contributed by atoms with Crippen molar-refractivity contribution in [2.45, 2.75) is 38.6 Å². The van der Waals surface area contributed by atoms with Gasteiger partial charge in [-0.25, -0.2) is 0 Å². The minimum atomic E-state index is 0.564. The SMILES string of the molecule is CNC1(CC(C)C)CC1. The van der Waals surface area contributed by atoms with Crippen molar-refractivity contribution in [2.75, 3.05) is 7.05 Å². The maximum Gasteiger partial charge on any atom is 0.0182 e. The highest BCUT2D eigenvalue weighted by Gasteiger charge is 2.40. The molecule has 0 radical (unpaired) electrons. The first kappa shape index (κ1) is 7.07. The zero-order valence-electron chi connectivity index (χ0n) is 6.70. The van der Waals surface area contributed by atoms with Gasteiger partial charge in [0, 0.05) is 5.54 Å². The second kappa shape index (κ2) is 2.30. The molecule has 1 fully saturated rings. The molecule has 1 saturated carbocycles. The van der Waals surface area contributed by atoms with Crippen LogP contribution in [0.1, 0.15) is 33.1 Å². The molecule has 0 aliphatic heterocycles. The van der Waals surface area contributed by atoms with Crippen molar-refractivity contribution < 1.29 is 0 Å². The van der Waals surface area contributed by atoms with E-state index in [9.17, 15) is 0 Å². The highest BCUT2D eigenvalue weighted by Crippen LogP contribution is 2.40. The average molecular weight is 127 g/mol. The predicted octanol–water partition coefficient (Wildman–Crippen LogP) is 1.78. The molecule has 1 heteroatoms. The third-order valence-electron chi connectivity index (χ3n) is 2.18. The fourth-order valence-corrected chi connectivity index (χ4v) is 1.49. The topological polar surface area (TPSA) is 12.0 Å². The summed E-state index contributed by atoms with van der Waals surface area (Å²) >= 11 is 0. The number of hydrogen-bond donors (Lipinski definition) is 1. The van der Waals surface area contributed by atoms with Crippen LogP contribution in [-0.4, -0.2) is 12.6 Å². The molecule has 1 N–H and O–H groups in total. The van der Waals surface area contributed by atoms with Gasteiger partial charge in [0.25, 0.3) is 0 Å². The van der Waals surface area contributed by atoms with Crippen molar-refractivity contribution in [2.24, 2.45) is 5.92 Å². The molecule has 1 aliphatic rings. The van der Waals surface area contributed by atoms with Gasteiger partial charge in [-0.1, -0.05) is 13.8 Å². The first-order chi connectivity index (χ1) is 4.18. The molecule has 0 aromatic heterocycles. The van der Waals surface area contributed by atoms with E-state index in [0.717, 1.165) is 5.92 Å². The van der Waals surface area contributed by atoms with Crippen LogP contribution in [0.25, 0.3) is 0 Å². The Morgan fingerprint density at radius 2 is 2.00 bits per heavy atom.